The largest absolute Gasteiger partial charge is 0.396 e. The molecule has 6 nitrogen and oxygen atoms in total. The highest BCUT2D eigenvalue weighted by atomic mass is 16.5. The van der Waals surface area contributed by atoms with Gasteiger partial charge >= 0.3 is 0 Å². The van der Waals surface area contributed by atoms with Gasteiger partial charge in [-0.25, -0.2) is 0 Å². The molecular formula is C13H15N3O3. The Morgan fingerprint density at radius 1 is 1.37 bits per heavy atom. The number of nitrogens with one attached hydrogen (secondary N) is 1. The monoisotopic (exact) mass is 261 g/mol. The van der Waals surface area contributed by atoms with Gasteiger partial charge in [-0.15, -0.1) is 0 Å². The SMILES string of the molecule is COCC(=O)NC(=O)c1c(N)c2ccccc2n1C. The van der Waals surface area contributed by atoms with Gasteiger partial charge < -0.3 is 15.0 Å². The maximum Gasteiger partial charge on any atom is 0.276 e. The molecule has 2 rings (SSSR count). The summed E-state index contributed by atoms with van der Waals surface area (Å²) in [5.74, 6) is -1.03. The molecule has 0 radical (unpaired) electrons. The minimum Gasteiger partial charge on any atom is -0.396 e. The van der Waals surface area contributed by atoms with Crippen LogP contribution in [0.3, 0.4) is 0 Å². The maximum atomic E-state index is 12.1. The summed E-state index contributed by atoms with van der Waals surface area (Å²) in [6.07, 6.45) is 0. The molecule has 2 aromatic rings. The van der Waals surface area contributed by atoms with Crippen molar-refractivity contribution in [1.29, 1.82) is 0 Å². The Morgan fingerprint density at radius 2 is 2.05 bits per heavy atom. The van der Waals surface area contributed by atoms with Crippen LogP contribution in [-0.4, -0.2) is 30.1 Å². The van der Waals surface area contributed by atoms with Crippen molar-refractivity contribution in [3.8, 4) is 0 Å². The Labute approximate surface area is 110 Å². The van der Waals surface area contributed by atoms with Crippen LogP contribution in [0, 0.1) is 0 Å². The van der Waals surface area contributed by atoms with Gasteiger partial charge in [0.25, 0.3) is 11.8 Å². The molecule has 19 heavy (non-hydrogen) atoms. The normalized spacial score (nSPS) is 10.6. The predicted molar refractivity (Wildman–Crippen MR) is 71.7 cm³/mol. The van der Waals surface area contributed by atoms with Crippen LogP contribution < -0.4 is 11.1 Å². The number of anilines is 1. The molecule has 6 heteroatoms. The summed E-state index contributed by atoms with van der Waals surface area (Å²) in [5.41, 5.74) is 7.43. The number of nitrogens with two attached hydrogens (primary N) is 1. The summed E-state index contributed by atoms with van der Waals surface area (Å²) in [7, 11) is 3.11. The molecular weight excluding hydrogens is 246 g/mol. The summed E-state index contributed by atoms with van der Waals surface area (Å²) in [4.78, 5) is 23.4. The van der Waals surface area contributed by atoms with E-state index in [9.17, 15) is 9.59 Å². The molecule has 1 aromatic heterocycles. The Morgan fingerprint density at radius 3 is 2.68 bits per heavy atom. The van der Waals surface area contributed by atoms with Gasteiger partial charge in [0.05, 0.1) is 11.2 Å². The molecule has 3 N–H and O–H groups in total. The molecule has 0 aliphatic heterocycles. The number of hydrogen-bond donors (Lipinski definition) is 2. The second-order valence-electron chi connectivity index (χ2n) is 4.15. The highest BCUT2D eigenvalue weighted by molar-refractivity contribution is 6.12. The molecule has 0 saturated heterocycles. The van der Waals surface area contributed by atoms with Crippen molar-refractivity contribution in [2.45, 2.75) is 0 Å². The first-order valence-electron chi connectivity index (χ1n) is 5.72. The van der Waals surface area contributed by atoms with E-state index in [-0.39, 0.29) is 12.3 Å². The lowest BCUT2D eigenvalue weighted by Crippen LogP contribution is -2.34. The number of aryl methyl sites for hydroxylation is 1. The molecule has 1 heterocycles. The van der Waals surface area contributed by atoms with E-state index >= 15 is 0 Å². The Kier molecular flexibility index (Phi) is 3.52. The molecule has 0 fully saturated rings. The number of hydrogen-bond acceptors (Lipinski definition) is 4. The molecule has 0 atom stereocenters. The highest BCUT2D eigenvalue weighted by Crippen LogP contribution is 2.27. The number of fused-ring (bicyclic) bond motifs is 1. The number of benzene rings is 1. The number of aromatic nitrogens is 1. The third-order valence-electron chi connectivity index (χ3n) is 2.89. The molecule has 2 amide bonds. The predicted octanol–water partition coefficient (Wildman–Crippen LogP) is 0.663. The van der Waals surface area contributed by atoms with E-state index in [2.05, 4.69) is 10.1 Å². The average Bonchev–Trinajstić information content (AvgIpc) is 2.63. The third kappa shape index (κ3) is 2.30. The lowest BCUT2D eigenvalue weighted by Gasteiger charge is -2.06. The number of amides is 2. The average molecular weight is 261 g/mol. The minimum atomic E-state index is -0.529. The van der Waals surface area contributed by atoms with Crippen molar-refractivity contribution in [2.75, 3.05) is 19.5 Å². The van der Waals surface area contributed by atoms with Gasteiger partial charge in [0.15, 0.2) is 0 Å². The number of nitrogen functional groups attached to an aromatic ring is 1. The van der Waals surface area contributed by atoms with Crippen LogP contribution in [0.15, 0.2) is 24.3 Å². The number of ether oxygens (including phenoxy) is 1. The smallest absolute Gasteiger partial charge is 0.276 e. The molecule has 0 unspecified atom stereocenters. The number of carbonyl (C=O) groups is 2. The fourth-order valence-electron chi connectivity index (χ4n) is 2.05. The summed E-state index contributed by atoms with van der Waals surface area (Å²) in [6.45, 7) is -0.171. The first-order valence-corrected chi connectivity index (χ1v) is 5.72. The van der Waals surface area contributed by atoms with Gasteiger partial charge in [-0.1, -0.05) is 18.2 Å². The van der Waals surface area contributed by atoms with Crippen molar-refractivity contribution in [1.82, 2.24) is 9.88 Å². The summed E-state index contributed by atoms with van der Waals surface area (Å²) in [6, 6.07) is 7.40. The van der Waals surface area contributed by atoms with E-state index < -0.39 is 11.8 Å². The number of imide groups is 1. The van der Waals surface area contributed by atoms with Crippen LogP contribution in [0.5, 0.6) is 0 Å². The fourth-order valence-corrected chi connectivity index (χ4v) is 2.05. The van der Waals surface area contributed by atoms with E-state index in [0.29, 0.717) is 5.69 Å². The van der Waals surface area contributed by atoms with Crippen LogP contribution in [0.2, 0.25) is 0 Å². The topological polar surface area (TPSA) is 86.3 Å². The van der Waals surface area contributed by atoms with Crippen LogP contribution in [0.25, 0.3) is 10.9 Å². The molecule has 100 valence electrons. The van der Waals surface area contributed by atoms with E-state index in [1.807, 2.05) is 24.3 Å². The zero-order valence-electron chi connectivity index (χ0n) is 10.8. The summed E-state index contributed by atoms with van der Waals surface area (Å²) in [5, 5.41) is 3.02. The number of para-hydroxylation sites is 1. The lowest BCUT2D eigenvalue weighted by atomic mass is 10.2. The zero-order chi connectivity index (χ0) is 14.0. The Hall–Kier alpha value is -2.34. The third-order valence-corrected chi connectivity index (χ3v) is 2.89. The molecule has 0 aliphatic rings. The first-order chi connectivity index (χ1) is 9.06. The van der Waals surface area contributed by atoms with E-state index in [1.54, 1.807) is 11.6 Å². The molecule has 0 aliphatic carbocycles. The van der Waals surface area contributed by atoms with Crippen LogP contribution in [-0.2, 0) is 16.6 Å². The van der Waals surface area contributed by atoms with E-state index in [4.69, 9.17) is 5.73 Å². The van der Waals surface area contributed by atoms with Crippen molar-refractivity contribution < 1.29 is 14.3 Å². The highest BCUT2D eigenvalue weighted by Gasteiger charge is 2.20. The number of carbonyl (C=O) groups excluding carboxylic acids is 2. The minimum absolute atomic E-state index is 0.171. The lowest BCUT2D eigenvalue weighted by molar-refractivity contribution is -0.123. The van der Waals surface area contributed by atoms with E-state index in [0.717, 1.165) is 10.9 Å². The van der Waals surface area contributed by atoms with E-state index in [1.165, 1.54) is 7.11 Å². The van der Waals surface area contributed by atoms with Gasteiger partial charge in [0.1, 0.15) is 12.3 Å². The van der Waals surface area contributed by atoms with Gasteiger partial charge in [0, 0.05) is 19.5 Å². The van der Waals surface area contributed by atoms with Crippen molar-refractivity contribution >= 4 is 28.4 Å². The molecule has 0 spiro atoms. The second kappa shape index (κ2) is 5.11. The Balaban J connectivity index is 2.40. The quantitative estimate of drug-likeness (QED) is 0.850. The maximum absolute atomic E-state index is 12.1. The van der Waals surface area contributed by atoms with Crippen molar-refractivity contribution in [2.24, 2.45) is 7.05 Å². The molecule has 1 aromatic carbocycles. The summed E-state index contributed by atoms with van der Waals surface area (Å²) < 4.78 is 6.32. The van der Waals surface area contributed by atoms with Gasteiger partial charge in [0.2, 0.25) is 0 Å². The zero-order valence-corrected chi connectivity index (χ0v) is 10.8. The fraction of sp³-hybridized carbons (Fsp3) is 0.231. The number of rotatable bonds is 3. The first kappa shape index (κ1) is 13.1. The van der Waals surface area contributed by atoms with Crippen LogP contribution in [0.4, 0.5) is 5.69 Å². The number of methoxy groups -OCH3 is 1. The van der Waals surface area contributed by atoms with Crippen molar-refractivity contribution in [3.63, 3.8) is 0 Å². The van der Waals surface area contributed by atoms with Crippen LogP contribution in [0.1, 0.15) is 10.5 Å². The number of nitrogens with zero attached hydrogens (tertiary/aromatic N) is 1. The summed E-state index contributed by atoms with van der Waals surface area (Å²) >= 11 is 0. The van der Waals surface area contributed by atoms with Gasteiger partial charge in [-0.3, -0.25) is 14.9 Å². The molecule has 0 bridgehead atoms. The molecule has 0 saturated carbocycles. The second-order valence-corrected chi connectivity index (χ2v) is 4.15. The van der Waals surface area contributed by atoms with Crippen LogP contribution >= 0.6 is 0 Å². The standard InChI is InChI=1S/C13H15N3O3/c1-16-9-6-4-3-5-8(9)11(14)12(16)13(18)15-10(17)7-19-2/h3-6H,7,14H2,1-2H3,(H,15,17,18). The van der Waals surface area contributed by atoms with Gasteiger partial charge in [-0.2, -0.15) is 0 Å². The Bertz CT molecular complexity index is 607. The van der Waals surface area contributed by atoms with Gasteiger partial charge in [-0.05, 0) is 6.07 Å². The van der Waals surface area contributed by atoms with Crippen molar-refractivity contribution in [3.05, 3.63) is 30.0 Å².